The molecule has 0 spiro atoms. The third-order valence-electron chi connectivity index (χ3n) is 4.88. The number of carbonyl (C=O) groups excluding carboxylic acids is 1. The van der Waals surface area contributed by atoms with Crippen molar-refractivity contribution < 1.29 is 27.1 Å². The highest BCUT2D eigenvalue weighted by molar-refractivity contribution is 7.92. The minimum Gasteiger partial charge on any atom is -0.486 e. The van der Waals surface area contributed by atoms with Crippen molar-refractivity contribution in [2.75, 3.05) is 24.5 Å². The van der Waals surface area contributed by atoms with Gasteiger partial charge in [-0.05, 0) is 54.4 Å². The van der Waals surface area contributed by atoms with Gasteiger partial charge < -0.3 is 14.8 Å². The number of nitrogens with one attached hydrogen (secondary N) is 2. The van der Waals surface area contributed by atoms with E-state index < -0.39 is 21.7 Å². The highest BCUT2D eigenvalue weighted by Crippen LogP contribution is 2.38. The van der Waals surface area contributed by atoms with E-state index in [1.54, 1.807) is 6.07 Å². The van der Waals surface area contributed by atoms with Gasteiger partial charge in [-0.3, -0.25) is 9.52 Å². The maximum absolute atomic E-state index is 13.8. The molecule has 172 valence electrons. The first kappa shape index (κ1) is 22.9. The number of halogens is 2. The molecule has 3 aromatic carbocycles. The number of ether oxygens (including phenoxy) is 2. The summed E-state index contributed by atoms with van der Waals surface area (Å²) >= 11 is 6.23. The van der Waals surface area contributed by atoms with Crippen LogP contribution in [0.2, 0.25) is 5.02 Å². The van der Waals surface area contributed by atoms with Crippen molar-refractivity contribution in [3.63, 3.8) is 0 Å². The molecule has 0 saturated carbocycles. The quantitative estimate of drug-likeness (QED) is 0.521. The first-order chi connectivity index (χ1) is 15.8. The Labute approximate surface area is 195 Å². The predicted octanol–water partition coefficient (Wildman–Crippen LogP) is 4.02. The average molecular weight is 491 g/mol. The van der Waals surface area contributed by atoms with E-state index in [9.17, 15) is 17.6 Å². The Bertz CT molecular complexity index is 1300. The highest BCUT2D eigenvalue weighted by Gasteiger charge is 2.19. The molecule has 10 heteroatoms. The highest BCUT2D eigenvalue weighted by atomic mass is 35.5. The Morgan fingerprint density at radius 3 is 2.64 bits per heavy atom. The minimum absolute atomic E-state index is 0.156. The molecule has 1 amide bonds. The number of rotatable bonds is 7. The van der Waals surface area contributed by atoms with Crippen LogP contribution in [0, 0.1) is 5.82 Å². The van der Waals surface area contributed by atoms with Gasteiger partial charge in [0.05, 0.1) is 15.6 Å². The van der Waals surface area contributed by atoms with Gasteiger partial charge >= 0.3 is 0 Å². The number of amides is 1. The SMILES string of the molecule is O=C(NCCc1cc(Cl)c2c(c1)OCCO2)c1cccc(S(=O)(=O)Nc2ccccc2F)c1. The lowest BCUT2D eigenvalue weighted by atomic mass is 10.1. The van der Waals surface area contributed by atoms with Crippen LogP contribution in [0.25, 0.3) is 0 Å². The third-order valence-corrected chi connectivity index (χ3v) is 6.52. The van der Waals surface area contributed by atoms with Gasteiger partial charge in [-0.25, -0.2) is 12.8 Å². The monoisotopic (exact) mass is 490 g/mol. The molecule has 0 aliphatic carbocycles. The number of carbonyl (C=O) groups is 1. The standard InChI is InChI=1S/C23H20ClFN2O5S/c24-18-12-15(13-21-22(18)32-11-10-31-21)8-9-26-23(28)16-4-3-5-17(14-16)33(29,30)27-20-7-2-1-6-19(20)25/h1-7,12-14,27H,8-11H2,(H,26,28). The Hall–Kier alpha value is -3.30. The molecule has 2 N–H and O–H groups in total. The number of hydrogen-bond acceptors (Lipinski definition) is 5. The fourth-order valence-corrected chi connectivity index (χ4v) is 4.68. The van der Waals surface area contributed by atoms with Gasteiger partial charge in [0.2, 0.25) is 0 Å². The smallest absolute Gasteiger partial charge is 0.262 e. The zero-order valence-electron chi connectivity index (χ0n) is 17.3. The summed E-state index contributed by atoms with van der Waals surface area (Å²) in [6, 6.07) is 14.5. The predicted molar refractivity (Wildman–Crippen MR) is 122 cm³/mol. The molecule has 0 unspecified atom stereocenters. The molecule has 0 fully saturated rings. The van der Waals surface area contributed by atoms with Crippen LogP contribution in [0.4, 0.5) is 10.1 Å². The lowest BCUT2D eigenvalue weighted by Gasteiger charge is -2.20. The summed E-state index contributed by atoms with van der Waals surface area (Å²) in [5.74, 6) is -0.0659. The number of sulfonamides is 1. The zero-order valence-corrected chi connectivity index (χ0v) is 18.9. The number of fused-ring (bicyclic) bond motifs is 1. The second-order valence-electron chi connectivity index (χ2n) is 7.22. The molecule has 4 rings (SSSR count). The van der Waals surface area contributed by atoms with Crippen molar-refractivity contribution in [2.45, 2.75) is 11.3 Å². The lowest BCUT2D eigenvalue weighted by Crippen LogP contribution is -2.26. The molecule has 3 aromatic rings. The number of para-hydroxylation sites is 1. The van der Waals surface area contributed by atoms with E-state index >= 15 is 0 Å². The van der Waals surface area contributed by atoms with E-state index in [1.165, 1.54) is 42.5 Å². The van der Waals surface area contributed by atoms with Crippen molar-refractivity contribution in [2.24, 2.45) is 0 Å². The fraction of sp³-hybridized carbons (Fsp3) is 0.174. The normalized spacial score (nSPS) is 12.8. The van der Waals surface area contributed by atoms with Crippen molar-refractivity contribution >= 4 is 33.2 Å². The van der Waals surface area contributed by atoms with Crippen LogP contribution in [0.3, 0.4) is 0 Å². The molecule has 1 heterocycles. The summed E-state index contributed by atoms with van der Waals surface area (Å²) in [5.41, 5.74) is 0.840. The molecule has 1 aliphatic rings. The van der Waals surface area contributed by atoms with Gasteiger partial charge in [0.25, 0.3) is 15.9 Å². The van der Waals surface area contributed by atoms with Gasteiger partial charge in [0.1, 0.15) is 19.0 Å². The first-order valence-electron chi connectivity index (χ1n) is 10.1. The summed E-state index contributed by atoms with van der Waals surface area (Å²) in [7, 11) is -4.08. The van der Waals surface area contributed by atoms with Crippen LogP contribution in [0.1, 0.15) is 15.9 Å². The topological polar surface area (TPSA) is 93.7 Å². The van der Waals surface area contributed by atoms with Gasteiger partial charge in [0, 0.05) is 12.1 Å². The van der Waals surface area contributed by atoms with Crippen LogP contribution < -0.4 is 19.5 Å². The molecule has 33 heavy (non-hydrogen) atoms. The summed E-state index contributed by atoms with van der Waals surface area (Å²) in [4.78, 5) is 12.4. The Kier molecular flexibility index (Phi) is 6.71. The molecule has 0 bridgehead atoms. The van der Waals surface area contributed by atoms with E-state index in [1.807, 2.05) is 6.07 Å². The van der Waals surface area contributed by atoms with E-state index in [0.29, 0.717) is 42.7 Å². The molecular weight excluding hydrogens is 471 g/mol. The van der Waals surface area contributed by atoms with Crippen LogP contribution in [-0.2, 0) is 16.4 Å². The summed E-state index contributed by atoms with van der Waals surface area (Å²) < 4.78 is 52.3. The van der Waals surface area contributed by atoms with Crippen LogP contribution in [-0.4, -0.2) is 34.1 Å². The molecule has 7 nitrogen and oxygen atoms in total. The Morgan fingerprint density at radius 2 is 1.82 bits per heavy atom. The maximum Gasteiger partial charge on any atom is 0.262 e. The van der Waals surface area contributed by atoms with Crippen molar-refractivity contribution in [3.8, 4) is 11.5 Å². The number of hydrogen-bond donors (Lipinski definition) is 2. The van der Waals surface area contributed by atoms with E-state index in [-0.39, 0.29) is 16.1 Å². The number of benzene rings is 3. The molecule has 0 atom stereocenters. The molecule has 0 aromatic heterocycles. The summed E-state index contributed by atoms with van der Waals surface area (Å²) in [6.45, 7) is 1.17. The fourth-order valence-electron chi connectivity index (χ4n) is 3.28. The van der Waals surface area contributed by atoms with Crippen LogP contribution >= 0.6 is 11.6 Å². The molecule has 0 radical (unpaired) electrons. The Balaban J connectivity index is 1.41. The van der Waals surface area contributed by atoms with E-state index in [2.05, 4.69) is 10.0 Å². The van der Waals surface area contributed by atoms with E-state index in [0.717, 1.165) is 11.6 Å². The second kappa shape index (κ2) is 9.68. The lowest BCUT2D eigenvalue weighted by molar-refractivity contribution is 0.0954. The number of anilines is 1. The van der Waals surface area contributed by atoms with Crippen molar-refractivity contribution in [1.82, 2.24) is 5.32 Å². The maximum atomic E-state index is 13.8. The third kappa shape index (κ3) is 5.37. The average Bonchev–Trinajstić information content (AvgIpc) is 2.80. The molecule has 1 aliphatic heterocycles. The van der Waals surface area contributed by atoms with Gasteiger partial charge in [-0.2, -0.15) is 0 Å². The minimum atomic E-state index is -4.08. The van der Waals surface area contributed by atoms with Crippen molar-refractivity contribution in [1.29, 1.82) is 0 Å². The summed E-state index contributed by atoms with van der Waals surface area (Å²) in [6.07, 6.45) is 0.481. The Morgan fingerprint density at radius 1 is 1.03 bits per heavy atom. The van der Waals surface area contributed by atoms with E-state index in [4.69, 9.17) is 21.1 Å². The summed E-state index contributed by atoms with van der Waals surface area (Å²) in [5, 5.41) is 3.19. The van der Waals surface area contributed by atoms with Gasteiger partial charge in [-0.15, -0.1) is 0 Å². The molecular formula is C23H20ClFN2O5S. The van der Waals surface area contributed by atoms with Gasteiger partial charge in [-0.1, -0.05) is 29.8 Å². The molecule has 0 saturated heterocycles. The largest absolute Gasteiger partial charge is 0.486 e. The van der Waals surface area contributed by atoms with Crippen LogP contribution in [0.15, 0.2) is 65.6 Å². The first-order valence-corrected chi connectivity index (χ1v) is 11.9. The van der Waals surface area contributed by atoms with Crippen molar-refractivity contribution in [3.05, 3.63) is 82.6 Å². The van der Waals surface area contributed by atoms with Crippen LogP contribution in [0.5, 0.6) is 11.5 Å². The second-order valence-corrected chi connectivity index (χ2v) is 9.31. The zero-order chi connectivity index (χ0) is 23.4. The van der Waals surface area contributed by atoms with Gasteiger partial charge in [0.15, 0.2) is 11.5 Å².